The number of aromatic nitrogens is 1. The number of fused-ring (bicyclic) bond motifs is 7. The molecule has 0 amide bonds. The van der Waals surface area contributed by atoms with E-state index in [-0.39, 0.29) is 0 Å². The molecule has 0 aliphatic heterocycles. The molecule has 0 N–H and O–H groups in total. The molecule has 0 radical (unpaired) electrons. The highest BCUT2D eigenvalue weighted by atomic mass is 31.1. The smallest absolute Gasteiger partial charge is 0.0547 e. The predicted molar refractivity (Wildman–Crippen MR) is 162 cm³/mol. The van der Waals surface area contributed by atoms with Crippen molar-refractivity contribution in [2.75, 3.05) is 0 Å². The first-order valence-corrected chi connectivity index (χ1v) is 14.1. The van der Waals surface area contributed by atoms with Crippen molar-refractivity contribution < 1.29 is 0 Å². The Hall–Kier alpha value is -4.32. The predicted octanol–water partition coefficient (Wildman–Crippen LogP) is 10.2. The van der Waals surface area contributed by atoms with E-state index in [1.807, 2.05) is 0 Å². The van der Waals surface area contributed by atoms with Gasteiger partial charge in [-0.3, -0.25) is 0 Å². The highest BCUT2D eigenvalue weighted by Gasteiger charge is 2.23. The molecule has 1 unspecified atom stereocenters. The zero-order valence-electron chi connectivity index (χ0n) is 20.5. The summed E-state index contributed by atoms with van der Waals surface area (Å²) in [5.41, 5.74) is 6.07. The van der Waals surface area contributed by atoms with Crippen LogP contribution in [0.15, 0.2) is 140 Å². The van der Waals surface area contributed by atoms with Gasteiger partial charge < -0.3 is 4.57 Å². The van der Waals surface area contributed by atoms with Crippen LogP contribution in [0.25, 0.3) is 49.0 Å². The van der Waals surface area contributed by atoms with Gasteiger partial charge in [0.25, 0.3) is 0 Å². The summed E-state index contributed by atoms with van der Waals surface area (Å²) in [6, 6.07) is 35.5. The van der Waals surface area contributed by atoms with Crippen LogP contribution >= 0.6 is 7.53 Å². The van der Waals surface area contributed by atoms with Crippen molar-refractivity contribution in [3.8, 4) is 11.0 Å². The van der Waals surface area contributed by atoms with Crippen LogP contribution in [0.5, 0.6) is 0 Å². The molecule has 0 bridgehead atoms. The molecule has 0 fully saturated rings. The lowest BCUT2D eigenvalue weighted by Crippen LogP contribution is -2.00. The van der Waals surface area contributed by atoms with E-state index in [0.29, 0.717) is 0 Å². The van der Waals surface area contributed by atoms with Gasteiger partial charge in [0.2, 0.25) is 0 Å². The minimum atomic E-state index is -0.682. The molecule has 2 aromatic heterocycles. The van der Waals surface area contributed by atoms with Gasteiger partial charge >= 0.3 is 0 Å². The zero-order valence-corrected chi connectivity index (χ0v) is 21.4. The number of allylic oxidation sites excluding steroid dienone is 6. The average molecular weight is 492 g/mol. The van der Waals surface area contributed by atoms with Gasteiger partial charge in [0.15, 0.2) is 0 Å². The van der Waals surface area contributed by atoms with Gasteiger partial charge in [-0.15, -0.1) is 0 Å². The molecule has 6 aromatic rings. The number of rotatable bonds is 2. The second kappa shape index (κ2) is 8.96. The molecule has 176 valence electrons. The molecular weight excluding hydrogens is 465 g/mol. The highest BCUT2D eigenvalue weighted by Crippen LogP contribution is 2.58. The minimum absolute atomic E-state index is 0.682. The lowest BCUT2D eigenvalue weighted by atomic mass is 10.0. The molecule has 2 heteroatoms. The standard InChI is InChI=1S/C35H26NP/c1-25-13-5-2-10-19-31-30(22-21-25)34-32(36(31)26-14-6-3-7-15-26)24-23-29-28-18-11-12-20-33(28)37(35(29)34)27-16-8-4-9-17-27/h2-18,20-24H,1,19H2/b10-2-,13-5-,22-21?. The summed E-state index contributed by atoms with van der Waals surface area (Å²) in [4.78, 5) is 0. The van der Waals surface area contributed by atoms with Gasteiger partial charge in [-0.25, -0.2) is 0 Å². The van der Waals surface area contributed by atoms with Crippen LogP contribution in [-0.4, -0.2) is 4.57 Å². The van der Waals surface area contributed by atoms with Gasteiger partial charge in [-0.1, -0.05) is 129 Å². The maximum Gasteiger partial charge on any atom is 0.0547 e. The molecule has 0 spiro atoms. The lowest BCUT2D eigenvalue weighted by Gasteiger charge is -2.11. The average Bonchev–Trinajstić information content (AvgIpc) is 3.45. The van der Waals surface area contributed by atoms with Gasteiger partial charge in [-0.05, 0) is 39.8 Å². The van der Waals surface area contributed by atoms with E-state index < -0.39 is 7.53 Å². The topological polar surface area (TPSA) is 4.93 Å². The maximum absolute atomic E-state index is 4.26. The van der Waals surface area contributed by atoms with Crippen LogP contribution in [0, 0.1) is 0 Å². The fraction of sp³-hybridized carbons (Fsp3) is 0.0286. The van der Waals surface area contributed by atoms with Crippen LogP contribution in [0.4, 0.5) is 0 Å². The van der Waals surface area contributed by atoms with Crippen molar-refractivity contribution in [1.82, 2.24) is 4.57 Å². The second-order valence-corrected chi connectivity index (χ2v) is 11.6. The third-order valence-electron chi connectivity index (χ3n) is 7.27. The third kappa shape index (κ3) is 3.55. The van der Waals surface area contributed by atoms with E-state index in [2.05, 4.69) is 145 Å². The SMILES string of the molecule is C=C1C=Cc2c(n(-c3ccccc3)c3ccc4c5ccccc5p(-c5ccccc5)c4c23)C/C=C\C=C/1. The summed E-state index contributed by atoms with van der Waals surface area (Å²) in [6.07, 6.45) is 13.9. The molecule has 2 heterocycles. The van der Waals surface area contributed by atoms with Crippen LogP contribution in [0.2, 0.25) is 0 Å². The first kappa shape index (κ1) is 21.9. The van der Waals surface area contributed by atoms with E-state index >= 15 is 0 Å². The van der Waals surface area contributed by atoms with Gasteiger partial charge in [0, 0.05) is 39.0 Å². The normalized spacial score (nSPS) is 15.8. The van der Waals surface area contributed by atoms with E-state index in [9.17, 15) is 0 Å². The maximum atomic E-state index is 4.26. The molecule has 0 saturated heterocycles. The summed E-state index contributed by atoms with van der Waals surface area (Å²) in [5, 5.41) is 8.41. The summed E-state index contributed by atoms with van der Waals surface area (Å²) < 4.78 is 2.47. The van der Waals surface area contributed by atoms with E-state index in [1.165, 1.54) is 54.2 Å². The summed E-state index contributed by atoms with van der Waals surface area (Å²) in [7, 11) is -0.682. The number of hydrogen-bond donors (Lipinski definition) is 0. The van der Waals surface area contributed by atoms with Crippen molar-refractivity contribution in [2.24, 2.45) is 0 Å². The van der Waals surface area contributed by atoms with Crippen LogP contribution in [0.1, 0.15) is 11.3 Å². The Balaban J connectivity index is 1.72. The summed E-state index contributed by atoms with van der Waals surface area (Å²) in [6.45, 7) is 4.26. The van der Waals surface area contributed by atoms with Gasteiger partial charge in [-0.2, -0.15) is 0 Å². The zero-order chi connectivity index (χ0) is 24.8. The summed E-state index contributed by atoms with van der Waals surface area (Å²) in [5.74, 6) is 0. The molecule has 37 heavy (non-hydrogen) atoms. The van der Waals surface area contributed by atoms with Crippen molar-refractivity contribution in [3.05, 3.63) is 151 Å². The van der Waals surface area contributed by atoms with E-state index in [4.69, 9.17) is 0 Å². The fourth-order valence-electron chi connectivity index (χ4n) is 5.69. The largest absolute Gasteiger partial charge is 0.313 e. The molecule has 1 aliphatic carbocycles. The second-order valence-electron chi connectivity index (χ2n) is 9.47. The van der Waals surface area contributed by atoms with Gasteiger partial charge in [0.05, 0.1) is 5.52 Å². The molecule has 7 rings (SSSR count). The summed E-state index contributed by atoms with van der Waals surface area (Å²) >= 11 is 0. The number of nitrogens with zero attached hydrogens (tertiary/aromatic N) is 1. The Morgan fingerprint density at radius 2 is 1.43 bits per heavy atom. The van der Waals surface area contributed by atoms with Crippen LogP contribution < -0.4 is 0 Å². The van der Waals surface area contributed by atoms with Crippen molar-refractivity contribution in [1.29, 1.82) is 0 Å². The molecule has 0 saturated carbocycles. The van der Waals surface area contributed by atoms with Crippen molar-refractivity contribution in [2.45, 2.75) is 6.42 Å². The quantitative estimate of drug-likeness (QED) is 0.227. The van der Waals surface area contributed by atoms with Crippen molar-refractivity contribution in [3.63, 3.8) is 0 Å². The fourth-order valence-corrected chi connectivity index (χ4v) is 8.50. The Morgan fingerprint density at radius 1 is 0.676 bits per heavy atom. The minimum Gasteiger partial charge on any atom is -0.313 e. The molecule has 1 aliphatic rings. The number of para-hydroxylation sites is 1. The van der Waals surface area contributed by atoms with E-state index in [1.54, 1.807) is 0 Å². The first-order valence-electron chi connectivity index (χ1n) is 12.7. The van der Waals surface area contributed by atoms with E-state index in [0.717, 1.165) is 12.0 Å². The Bertz CT molecular complexity index is 1890. The Labute approximate surface area is 218 Å². The Morgan fingerprint density at radius 3 is 2.27 bits per heavy atom. The number of hydrogen-bond acceptors (Lipinski definition) is 0. The Kier molecular flexibility index (Phi) is 5.31. The molecule has 4 aromatic carbocycles. The lowest BCUT2D eigenvalue weighted by molar-refractivity contribution is 1.00. The van der Waals surface area contributed by atoms with Crippen LogP contribution in [-0.2, 0) is 6.42 Å². The van der Waals surface area contributed by atoms with Crippen LogP contribution in [0.3, 0.4) is 0 Å². The first-order chi connectivity index (χ1) is 18.3. The monoisotopic (exact) mass is 491 g/mol. The molecule has 1 atom stereocenters. The molecule has 1 nitrogen and oxygen atoms in total. The molecular formula is C35H26NP. The number of benzene rings is 4. The van der Waals surface area contributed by atoms with Gasteiger partial charge in [0.1, 0.15) is 0 Å². The third-order valence-corrected chi connectivity index (χ3v) is 9.87. The van der Waals surface area contributed by atoms with Crippen molar-refractivity contribution >= 4 is 45.5 Å². The highest BCUT2D eigenvalue weighted by molar-refractivity contribution is 7.68.